The molecule has 0 saturated carbocycles. The molecule has 0 amide bonds. The maximum Gasteiger partial charge on any atom is 0.0727 e. The van der Waals surface area contributed by atoms with E-state index in [0.717, 1.165) is 25.9 Å². The molecule has 16 heavy (non-hydrogen) atoms. The van der Waals surface area contributed by atoms with Crippen LogP contribution in [-0.4, -0.2) is 27.6 Å². The summed E-state index contributed by atoms with van der Waals surface area (Å²) in [5.74, 6) is 0.510. The molecule has 1 N–H and O–H groups in total. The van der Waals surface area contributed by atoms with Crippen molar-refractivity contribution < 1.29 is 0 Å². The highest BCUT2D eigenvalue weighted by molar-refractivity contribution is 5.02. The molecule has 0 radical (unpaired) electrons. The van der Waals surface area contributed by atoms with Gasteiger partial charge in [0.1, 0.15) is 0 Å². The third-order valence-electron chi connectivity index (χ3n) is 2.85. The topological polar surface area (TPSA) is 42.7 Å². The van der Waals surface area contributed by atoms with Crippen molar-refractivity contribution in [3.8, 4) is 0 Å². The monoisotopic (exact) mass is 224 g/mol. The Hall–Kier alpha value is -0.900. The van der Waals surface area contributed by atoms with Crippen molar-refractivity contribution in [3.05, 3.63) is 11.9 Å². The lowest BCUT2D eigenvalue weighted by Crippen LogP contribution is -2.27. The average Bonchev–Trinajstić information content (AvgIpc) is 2.66. The number of aromatic nitrogens is 3. The van der Waals surface area contributed by atoms with Crippen LogP contribution >= 0.6 is 0 Å². The summed E-state index contributed by atoms with van der Waals surface area (Å²) in [5, 5.41) is 11.6. The molecule has 4 heteroatoms. The van der Waals surface area contributed by atoms with Crippen LogP contribution in [0, 0.1) is 0 Å². The molecule has 1 rings (SSSR count). The maximum absolute atomic E-state index is 4.13. The van der Waals surface area contributed by atoms with E-state index >= 15 is 0 Å². The molecule has 4 nitrogen and oxygen atoms in total. The molecule has 0 spiro atoms. The van der Waals surface area contributed by atoms with E-state index in [-0.39, 0.29) is 0 Å². The molecule has 2 atom stereocenters. The molecule has 2 unspecified atom stereocenters. The van der Waals surface area contributed by atoms with Gasteiger partial charge in [-0.1, -0.05) is 26.0 Å². The molecule has 0 aliphatic carbocycles. The fourth-order valence-corrected chi connectivity index (χ4v) is 2.12. The molecule has 0 aliphatic heterocycles. The second-order valence-electron chi connectivity index (χ2n) is 4.48. The summed E-state index contributed by atoms with van der Waals surface area (Å²) in [7, 11) is 0. The molecule has 0 saturated heterocycles. The smallest absolute Gasteiger partial charge is 0.0727 e. The van der Waals surface area contributed by atoms with Gasteiger partial charge in [0, 0.05) is 18.5 Å². The van der Waals surface area contributed by atoms with Crippen LogP contribution < -0.4 is 5.32 Å². The number of hydrogen-bond donors (Lipinski definition) is 1. The number of nitrogens with zero attached hydrogens (tertiary/aromatic N) is 3. The fraction of sp³-hybridized carbons (Fsp3) is 0.833. The lowest BCUT2D eigenvalue weighted by Gasteiger charge is -2.18. The molecule has 1 heterocycles. The van der Waals surface area contributed by atoms with Gasteiger partial charge in [0.2, 0.25) is 0 Å². The van der Waals surface area contributed by atoms with E-state index in [2.05, 4.69) is 43.3 Å². The number of aryl methyl sites for hydroxylation is 1. The van der Waals surface area contributed by atoms with E-state index in [1.54, 1.807) is 0 Å². The Labute approximate surface area is 98.4 Å². The highest BCUT2D eigenvalue weighted by Crippen LogP contribution is 2.19. The van der Waals surface area contributed by atoms with Gasteiger partial charge < -0.3 is 5.32 Å². The van der Waals surface area contributed by atoms with Gasteiger partial charge in [-0.05, 0) is 26.3 Å². The number of rotatable bonds is 7. The number of hydrogen-bond acceptors (Lipinski definition) is 3. The van der Waals surface area contributed by atoms with Gasteiger partial charge in [-0.15, -0.1) is 5.10 Å². The van der Waals surface area contributed by atoms with Gasteiger partial charge in [0.25, 0.3) is 0 Å². The molecule has 0 bridgehead atoms. The minimum Gasteiger partial charge on any atom is -0.315 e. The van der Waals surface area contributed by atoms with Crippen molar-refractivity contribution in [2.24, 2.45) is 0 Å². The second-order valence-corrected chi connectivity index (χ2v) is 4.48. The first-order valence-electron chi connectivity index (χ1n) is 6.30. The Bertz CT molecular complexity index is 295. The Morgan fingerprint density at radius 2 is 2.12 bits per heavy atom. The summed E-state index contributed by atoms with van der Waals surface area (Å²) in [6.45, 7) is 10.8. The molecular weight excluding hydrogens is 200 g/mol. The van der Waals surface area contributed by atoms with Crippen molar-refractivity contribution in [1.29, 1.82) is 0 Å². The van der Waals surface area contributed by atoms with Crippen LogP contribution in [0.1, 0.15) is 52.1 Å². The Morgan fingerprint density at radius 3 is 2.75 bits per heavy atom. The quantitative estimate of drug-likeness (QED) is 0.772. The SMILES string of the molecule is CCCn1nncc1C(C)CC(C)NCC. The van der Waals surface area contributed by atoms with Gasteiger partial charge >= 0.3 is 0 Å². The molecular formula is C12H24N4. The zero-order chi connectivity index (χ0) is 12.0. The van der Waals surface area contributed by atoms with E-state index in [1.165, 1.54) is 5.69 Å². The minimum atomic E-state index is 0.510. The van der Waals surface area contributed by atoms with Crippen molar-refractivity contribution in [3.63, 3.8) is 0 Å². The first-order valence-corrected chi connectivity index (χ1v) is 6.30. The lowest BCUT2D eigenvalue weighted by atomic mass is 9.99. The summed E-state index contributed by atoms with van der Waals surface area (Å²) in [6, 6.07) is 0.546. The molecule has 92 valence electrons. The van der Waals surface area contributed by atoms with Gasteiger partial charge in [0.15, 0.2) is 0 Å². The average molecular weight is 224 g/mol. The summed E-state index contributed by atoms with van der Waals surface area (Å²) in [5.41, 5.74) is 1.26. The largest absolute Gasteiger partial charge is 0.315 e. The summed E-state index contributed by atoms with van der Waals surface area (Å²) < 4.78 is 2.03. The van der Waals surface area contributed by atoms with E-state index in [0.29, 0.717) is 12.0 Å². The Kier molecular flexibility index (Phi) is 5.46. The summed E-state index contributed by atoms with van der Waals surface area (Å²) in [4.78, 5) is 0. The lowest BCUT2D eigenvalue weighted by molar-refractivity contribution is 0.461. The van der Waals surface area contributed by atoms with Gasteiger partial charge in [-0.25, -0.2) is 4.68 Å². The molecule has 0 fully saturated rings. The van der Waals surface area contributed by atoms with E-state index < -0.39 is 0 Å². The third-order valence-corrected chi connectivity index (χ3v) is 2.85. The van der Waals surface area contributed by atoms with Crippen LogP contribution in [-0.2, 0) is 6.54 Å². The first kappa shape index (κ1) is 13.2. The van der Waals surface area contributed by atoms with E-state index in [9.17, 15) is 0 Å². The van der Waals surface area contributed by atoms with Crippen molar-refractivity contribution >= 4 is 0 Å². The molecule has 0 aliphatic rings. The molecule has 1 aromatic heterocycles. The zero-order valence-electron chi connectivity index (χ0n) is 10.9. The number of nitrogens with one attached hydrogen (secondary N) is 1. The highest BCUT2D eigenvalue weighted by Gasteiger charge is 2.14. The highest BCUT2D eigenvalue weighted by atomic mass is 15.4. The van der Waals surface area contributed by atoms with Crippen LogP contribution in [0.15, 0.2) is 6.20 Å². The van der Waals surface area contributed by atoms with Crippen LogP contribution in [0.4, 0.5) is 0 Å². The zero-order valence-corrected chi connectivity index (χ0v) is 10.9. The van der Waals surface area contributed by atoms with Gasteiger partial charge in [0.05, 0.1) is 11.9 Å². The van der Waals surface area contributed by atoms with E-state index in [1.807, 2.05) is 10.9 Å². The fourth-order valence-electron chi connectivity index (χ4n) is 2.12. The minimum absolute atomic E-state index is 0.510. The van der Waals surface area contributed by atoms with Crippen LogP contribution in [0.25, 0.3) is 0 Å². The summed E-state index contributed by atoms with van der Waals surface area (Å²) in [6.07, 6.45) is 4.13. The predicted octanol–water partition coefficient (Wildman–Crippen LogP) is 2.18. The van der Waals surface area contributed by atoms with Gasteiger partial charge in [-0.3, -0.25) is 0 Å². The van der Waals surface area contributed by atoms with Crippen molar-refractivity contribution in [2.45, 2.75) is 59.0 Å². The van der Waals surface area contributed by atoms with Crippen molar-refractivity contribution in [2.75, 3.05) is 6.54 Å². The third kappa shape index (κ3) is 3.59. The predicted molar refractivity (Wildman–Crippen MR) is 66.5 cm³/mol. The molecule has 1 aromatic rings. The second kappa shape index (κ2) is 6.63. The van der Waals surface area contributed by atoms with E-state index in [4.69, 9.17) is 0 Å². The maximum atomic E-state index is 4.13. The normalized spacial score (nSPS) is 15.0. The standard InChI is InChI=1S/C12H24N4/c1-5-7-16-12(9-14-15-16)10(3)8-11(4)13-6-2/h9-11,13H,5-8H2,1-4H3. The van der Waals surface area contributed by atoms with Crippen LogP contribution in [0.2, 0.25) is 0 Å². The van der Waals surface area contributed by atoms with Crippen LogP contribution in [0.3, 0.4) is 0 Å². The molecule has 0 aromatic carbocycles. The van der Waals surface area contributed by atoms with Crippen LogP contribution in [0.5, 0.6) is 0 Å². The van der Waals surface area contributed by atoms with Gasteiger partial charge in [-0.2, -0.15) is 0 Å². The Morgan fingerprint density at radius 1 is 1.38 bits per heavy atom. The Balaban J connectivity index is 2.57. The van der Waals surface area contributed by atoms with Crippen molar-refractivity contribution in [1.82, 2.24) is 20.3 Å². The first-order chi connectivity index (χ1) is 7.69. The summed E-state index contributed by atoms with van der Waals surface area (Å²) >= 11 is 0.